The summed E-state index contributed by atoms with van der Waals surface area (Å²) in [6, 6.07) is -1.20. The van der Waals surface area contributed by atoms with Gasteiger partial charge in [0.2, 0.25) is 5.79 Å². The number of allylic oxidation sites excluding steroid dienone is 6. The van der Waals surface area contributed by atoms with Crippen LogP contribution >= 0.6 is 0 Å². The molecule has 2 bridgehead atoms. The molecule has 15 atom stereocenters. The second-order valence-electron chi connectivity index (χ2n) is 20.9. The molecule has 72 heavy (non-hydrogen) atoms. The number of hydrogen-bond donors (Lipinski definition) is 3. The smallest absolute Gasteiger partial charge is 0.329 e. The Morgan fingerprint density at radius 2 is 1.57 bits per heavy atom. The molecule has 4 aliphatic rings. The molecule has 1 aliphatic carbocycles. The molecule has 17 heteroatoms. The molecule has 2 saturated heterocycles. The highest BCUT2D eigenvalue weighted by Crippen LogP contribution is 2.38. The van der Waals surface area contributed by atoms with Gasteiger partial charge in [0.25, 0.3) is 11.7 Å². The number of aliphatic carboxylic acids is 1. The Bertz CT molecular complexity index is 2010. The third-order valence-electron chi connectivity index (χ3n) is 15.3. The Balaban J connectivity index is 1.68. The van der Waals surface area contributed by atoms with Crippen LogP contribution in [0.3, 0.4) is 0 Å². The molecule has 0 radical (unpaired) electrons. The number of hydrogen-bond acceptors (Lipinski definition) is 15. The first-order valence-electron chi connectivity index (χ1n) is 25.9. The van der Waals surface area contributed by atoms with E-state index >= 15 is 0 Å². The molecule has 1 unspecified atom stereocenters. The summed E-state index contributed by atoms with van der Waals surface area (Å²) in [4.78, 5) is 95.8. The molecule has 4 rings (SSSR count). The van der Waals surface area contributed by atoms with E-state index in [1.54, 1.807) is 40.9 Å². The number of carbonyl (C=O) groups is 7. The Labute approximate surface area is 426 Å². The number of carboxylic acids is 1. The van der Waals surface area contributed by atoms with Crippen molar-refractivity contribution in [3.05, 3.63) is 47.6 Å². The summed E-state index contributed by atoms with van der Waals surface area (Å²) in [5.74, 6) is -10.3. The van der Waals surface area contributed by atoms with Crippen molar-refractivity contribution in [3.8, 4) is 0 Å². The molecule has 0 aromatic rings. The van der Waals surface area contributed by atoms with E-state index in [9.17, 15) is 43.8 Å². The zero-order valence-electron chi connectivity index (χ0n) is 44.2. The predicted molar refractivity (Wildman–Crippen MR) is 266 cm³/mol. The van der Waals surface area contributed by atoms with Gasteiger partial charge in [-0.05, 0) is 107 Å². The standard InChI is InChI=1S/C55H83NO16/c1-32-16-12-11-13-17-33(2)44(67-8)30-40-21-19-38(7)55(66,72-40)52(63)53(64)56-25-15-14-18-41(56)54(65)71-45(31-42(57)34(3)27-37(6)50(62)51(69-10)49(61)36(5)26-32)35(4)28-39-20-22-43(46(29-39)68-9)70-48(60)24-23-47(58)59/h11-13,16-17,27,32,34-36,38-41,43-46,50-51,62,66H,14-15,18-26,28-31H2,1-10H3,(H,58,59)/b13-11+,16-12+,33-17+,37-27+/t32-,34-,35?,36-,38-,39+,40+,41+,43-,44+,45+,46-,50-,51+,55-/m1/s1. The fourth-order valence-corrected chi connectivity index (χ4v) is 10.7. The average molecular weight is 1010 g/mol. The van der Waals surface area contributed by atoms with Crippen molar-refractivity contribution < 1.29 is 77.3 Å². The lowest BCUT2D eigenvalue weighted by Crippen LogP contribution is -2.61. The zero-order valence-corrected chi connectivity index (χ0v) is 44.2. The fourth-order valence-electron chi connectivity index (χ4n) is 10.7. The van der Waals surface area contributed by atoms with Gasteiger partial charge < -0.3 is 48.6 Å². The summed E-state index contributed by atoms with van der Waals surface area (Å²) < 4.78 is 35.2. The molecule has 0 aromatic carbocycles. The van der Waals surface area contributed by atoms with Crippen molar-refractivity contribution in [1.82, 2.24) is 4.90 Å². The number of esters is 2. The van der Waals surface area contributed by atoms with E-state index < -0.39 is 108 Å². The number of amides is 1. The topological polar surface area (TPSA) is 239 Å². The molecule has 3 fully saturated rings. The molecule has 17 nitrogen and oxygen atoms in total. The normalized spacial score (nSPS) is 37.5. The Morgan fingerprint density at radius 1 is 0.847 bits per heavy atom. The quantitative estimate of drug-likeness (QED) is 0.119. The number of carbonyl (C=O) groups excluding carboxylic acids is 6. The first-order chi connectivity index (χ1) is 34.0. The molecular weight excluding hydrogens is 931 g/mol. The number of aliphatic hydroxyl groups is 2. The number of ketones is 3. The van der Waals surface area contributed by atoms with Gasteiger partial charge in [0.15, 0.2) is 5.78 Å². The van der Waals surface area contributed by atoms with Crippen LogP contribution in [0.4, 0.5) is 0 Å². The maximum Gasteiger partial charge on any atom is 0.329 e. The highest BCUT2D eigenvalue weighted by molar-refractivity contribution is 6.39. The summed E-state index contributed by atoms with van der Waals surface area (Å²) in [5, 5.41) is 32.5. The van der Waals surface area contributed by atoms with Gasteiger partial charge in [-0.3, -0.25) is 28.8 Å². The van der Waals surface area contributed by atoms with Gasteiger partial charge in [0.05, 0.1) is 31.2 Å². The maximum atomic E-state index is 14.5. The zero-order chi connectivity index (χ0) is 53.4. The van der Waals surface area contributed by atoms with Gasteiger partial charge >= 0.3 is 17.9 Å². The highest BCUT2D eigenvalue weighted by Gasteiger charge is 2.53. The summed E-state index contributed by atoms with van der Waals surface area (Å²) in [7, 11) is 4.43. The number of piperidine rings is 1. The monoisotopic (exact) mass is 1010 g/mol. The molecule has 1 amide bonds. The lowest BCUT2D eigenvalue weighted by atomic mass is 9.78. The van der Waals surface area contributed by atoms with Crippen molar-refractivity contribution in [1.29, 1.82) is 0 Å². The van der Waals surface area contributed by atoms with E-state index in [-0.39, 0.29) is 55.6 Å². The van der Waals surface area contributed by atoms with Crippen LogP contribution in [0.2, 0.25) is 0 Å². The van der Waals surface area contributed by atoms with Crippen LogP contribution in [0.1, 0.15) is 138 Å². The minimum Gasteiger partial charge on any atom is -0.481 e. The van der Waals surface area contributed by atoms with Gasteiger partial charge in [0, 0.05) is 58.5 Å². The first-order valence-corrected chi connectivity index (χ1v) is 25.9. The largest absolute Gasteiger partial charge is 0.481 e. The number of nitrogens with zero attached hydrogens (tertiary/aromatic N) is 1. The predicted octanol–water partition coefficient (Wildman–Crippen LogP) is 6.60. The third-order valence-corrected chi connectivity index (χ3v) is 15.3. The van der Waals surface area contributed by atoms with Gasteiger partial charge in [-0.25, -0.2) is 4.79 Å². The number of carboxylic acid groups (broad SMARTS) is 1. The highest BCUT2D eigenvalue weighted by atomic mass is 16.6. The second kappa shape index (κ2) is 28.3. The fraction of sp³-hybridized carbons (Fsp3) is 0.727. The molecule has 0 spiro atoms. The van der Waals surface area contributed by atoms with Crippen LogP contribution in [0.15, 0.2) is 47.6 Å². The SMILES string of the molecule is CO[C@H]1C[C@@H]2CC[C@@H](C)[C@@](O)(O2)C(=O)C(=O)N2CCCC[C@H]2C(=O)O[C@H](C(C)C[C@@H]2CC[C@@H](OC(=O)CCC(=O)O)[C@H](OC)C2)CC(=O)[C@H](C)/C=C(\C)[C@@H](O)[C@@H](OC)C(=O)[C@H](C)C[C@H](C)/C=C/C=C/C=C/1C. The summed E-state index contributed by atoms with van der Waals surface area (Å²) in [5.41, 5.74) is 1.21. The van der Waals surface area contributed by atoms with Crippen molar-refractivity contribution >= 4 is 41.2 Å². The molecule has 0 aromatic heterocycles. The average Bonchev–Trinajstić information content (AvgIpc) is 3.35. The Hall–Kier alpha value is -4.39. The van der Waals surface area contributed by atoms with Gasteiger partial charge in [-0.2, -0.15) is 0 Å². The second-order valence-corrected chi connectivity index (χ2v) is 20.9. The summed E-state index contributed by atoms with van der Waals surface area (Å²) in [6.45, 7) is 12.5. The van der Waals surface area contributed by atoms with E-state index in [0.717, 1.165) is 10.5 Å². The van der Waals surface area contributed by atoms with Gasteiger partial charge in [-0.15, -0.1) is 0 Å². The number of cyclic esters (lactones) is 1. The first kappa shape index (κ1) is 60.2. The molecule has 1 saturated carbocycles. The minimum absolute atomic E-state index is 0.00674. The van der Waals surface area contributed by atoms with Gasteiger partial charge in [0.1, 0.15) is 36.2 Å². The van der Waals surface area contributed by atoms with E-state index in [1.807, 2.05) is 51.2 Å². The van der Waals surface area contributed by atoms with E-state index in [4.69, 9.17) is 33.5 Å². The molecule has 3 N–H and O–H groups in total. The lowest BCUT2D eigenvalue weighted by Gasteiger charge is -2.42. The molecular formula is C55H83NO16. The molecule has 3 aliphatic heterocycles. The number of rotatable bonds is 10. The van der Waals surface area contributed by atoms with Crippen molar-refractivity contribution in [2.24, 2.45) is 35.5 Å². The van der Waals surface area contributed by atoms with E-state index in [2.05, 4.69) is 0 Å². The van der Waals surface area contributed by atoms with E-state index in [1.165, 1.54) is 14.2 Å². The van der Waals surface area contributed by atoms with Crippen LogP contribution in [0, 0.1) is 35.5 Å². The summed E-state index contributed by atoms with van der Waals surface area (Å²) in [6.07, 6.45) is 9.31. The van der Waals surface area contributed by atoms with Crippen LogP contribution in [-0.2, 0) is 62.0 Å². The Kier molecular flexibility index (Phi) is 23.7. The minimum atomic E-state index is -2.47. The van der Waals surface area contributed by atoms with Crippen molar-refractivity contribution in [3.63, 3.8) is 0 Å². The maximum absolute atomic E-state index is 14.5. The van der Waals surface area contributed by atoms with Crippen LogP contribution < -0.4 is 0 Å². The van der Waals surface area contributed by atoms with Crippen molar-refractivity contribution in [2.75, 3.05) is 27.9 Å². The third kappa shape index (κ3) is 16.6. The van der Waals surface area contributed by atoms with Crippen LogP contribution in [0.25, 0.3) is 0 Å². The number of aliphatic hydroxyl groups excluding tert-OH is 1. The summed E-state index contributed by atoms with van der Waals surface area (Å²) >= 11 is 0. The number of Topliss-reactive ketones (excluding diaryl/α,β-unsaturated/α-hetero) is 3. The van der Waals surface area contributed by atoms with Crippen LogP contribution in [0.5, 0.6) is 0 Å². The molecule has 3 heterocycles. The Morgan fingerprint density at radius 3 is 2.24 bits per heavy atom. The van der Waals surface area contributed by atoms with E-state index in [0.29, 0.717) is 69.8 Å². The van der Waals surface area contributed by atoms with Crippen LogP contribution in [-0.4, -0.2) is 144 Å². The van der Waals surface area contributed by atoms with Crippen molar-refractivity contribution in [2.45, 2.75) is 193 Å². The molecule has 404 valence electrons. The number of methoxy groups -OCH3 is 3. The van der Waals surface area contributed by atoms with Gasteiger partial charge in [-0.1, -0.05) is 71.1 Å². The number of ether oxygens (including phenoxy) is 6. The number of fused-ring (bicyclic) bond motifs is 3. The lowest BCUT2D eigenvalue weighted by molar-refractivity contribution is -0.265.